The fourth-order valence-corrected chi connectivity index (χ4v) is 7.01. The Labute approximate surface area is 334 Å². The number of benzene rings is 3. The Balaban J connectivity index is 1.19. The molecular formula is C42H49F4N3O9. The standard InChI is InChI=1S/C42H49F4N3O9/c1-2-54-38(51)36(23-29-8-4-3-5-9-29)49-37(50)18-17-33-24-35(56-40(53)47-21-19-28-13-15-32(43)16-14-28)25-41(57-33)20-7-12-34(58-41)27-55-39(52)48-26-30-10-6-11-31(22-30)42(44,45)46/h3-6,8-11,13-16,22,33-36H,2,7,12,17-21,23-27H2,1H3,(H,47,53)(H,48,52)(H,49,50)/t33?,34?,35?,36-,41?/m0/s1. The monoisotopic (exact) mass is 815 g/mol. The minimum absolute atomic E-state index is 0.0272. The highest BCUT2D eigenvalue weighted by molar-refractivity contribution is 5.84. The molecule has 4 unspecified atom stereocenters. The maximum atomic E-state index is 13.3. The Kier molecular flexibility index (Phi) is 15.9. The fourth-order valence-electron chi connectivity index (χ4n) is 7.01. The van der Waals surface area contributed by atoms with E-state index in [1.54, 1.807) is 19.1 Å². The van der Waals surface area contributed by atoms with Gasteiger partial charge in [0.25, 0.3) is 0 Å². The second kappa shape index (κ2) is 21.0. The van der Waals surface area contributed by atoms with E-state index < -0.39 is 65.9 Å². The molecule has 12 nitrogen and oxygen atoms in total. The molecule has 3 aromatic carbocycles. The molecule has 0 bridgehead atoms. The van der Waals surface area contributed by atoms with Crippen molar-refractivity contribution < 1.29 is 60.4 Å². The van der Waals surface area contributed by atoms with Crippen molar-refractivity contribution in [2.75, 3.05) is 19.8 Å². The van der Waals surface area contributed by atoms with Gasteiger partial charge in [-0.3, -0.25) is 4.79 Å². The maximum absolute atomic E-state index is 13.3. The van der Waals surface area contributed by atoms with Crippen LogP contribution in [0.15, 0.2) is 78.9 Å². The van der Waals surface area contributed by atoms with Crippen molar-refractivity contribution in [1.29, 1.82) is 0 Å². The van der Waals surface area contributed by atoms with E-state index in [0.717, 1.165) is 23.3 Å². The molecule has 58 heavy (non-hydrogen) atoms. The molecule has 2 saturated heterocycles. The Morgan fingerprint density at radius 2 is 1.62 bits per heavy atom. The van der Waals surface area contributed by atoms with Crippen molar-refractivity contribution in [3.8, 4) is 0 Å². The zero-order valence-corrected chi connectivity index (χ0v) is 32.2. The molecule has 0 saturated carbocycles. The van der Waals surface area contributed by atoms with Gasteiger partial charge in [0.2, 0.25) is 5.91 Å². The summed E-state index contributed by atoms with van der Waals surface area (Å²) < 4.78 is 82.0. The summed E-state index contributed by atoms with van der Waals surface area (Å²) in [7, 11) is 0. The number of ether oxygens (including phenoxy) is 5. The van der Waals surface area contributed by atoms with Gasteiger partial charge in [0.1, 0.15) is 24.6 Å². The van der Waals surface area contributed by atoms with E-state index in [1.165, 1.54) is 24.3 Å². The first-order chi connectivity index (χ1) is 27.8. The summed E-state index contributed by atoms with van der Waals surface area (Å²) in [6, 6.07) is 18.8. The molecule has 5 rings (SSSR count). The van der Waals surface area contributed by atoms with Gasteiger partial charge in [-0.25, -0.2) is 18.8 Å². The molecule has 5 atom stereocenters. The van der Waals surface area contributed by atoms with Crippen LogP contribution >= 0.6 is 0 Å². The molecule has 2 aliphatic rings. The molecule has 2 aliphatic heterocycles. The number of esters is 1. The van der Waals surface area contributed by atoms with E-state index >= 15 is 0 Å². The summed E-state index contributed by atoms with van der Waals surface area (Å²) in [5.74, 6) is -2.57. The minimum Gasteiger partial charge on any atom is -0.464 e. The zero-order chi connectivity index (χ0) is 41.5. The number of alkyl carbamates (subject to hydrolysis) is 2. The van der Waals surface area contributed by atoms with Gasteiger partial charge in [0.05, 0.1) is 24.4 Å². The normalized spacial score (nSPS) is 21.0. The van der Waals surface area contributed by atoms with Crippen LogP contribution in [0.1, 0.15) is 74.1 Å². The molecule has 1 spiro atoms. The van der Waals surface area contributed by atoms with Crippen molar-refractivity contribution >= 4 is 24.1 Å². The number of halogens is 4. The third kappa shape index (κ3) is 14.0. The first kappa shape index (κ1) is 43.9. The Morgan fingerprint density at radius 3 is 2.36 bits per heavy atom. The lowest BCUT2D eigenvalue weighted by atomic mass is 9.90. The van der Waals surface area contributed by atoms with E-state index in [2.05, 4.69) is 16.0 Å². The number of alkyl halides is 3. The van der Waals surface area contributed by atoms with Crippen molar-refractivity contribution in [2.45, 2.75) is 108 Å². The first-order valence-corrected chi connectivity index (χ1v) is 19.4. The number of rotatable bonds is 16. The molecule has 16 heteroatoms. The number of amides is 3. The van der Waals surface area contributed by atoms with Gasteiger partial charge in [-0.15, -0.1) is 0 Å². The molecule has 2 fully saturated rings. The molecule has 0 aliphatic carbocycles. The molecular weight excluding hydrogens is 766 g/mol. The van der Waals surface area contributed by atoms with Gasteiger partial charge in [0, 0.05) is 45.2 Å². The van der Waals surface area contributed by atoms with Crippen molar-refractivity contribution in [1.82, 2.24) is 16.0 Å². The van der Waals surface area contributed by atoms with Gasteiger partial charge < -0.3 is 39.6 Å². The number of nitrogens with one attached hydrogen (secondary N) is 3. The third-order valence-electron chi connectivity index (χ3n) is 9.75. The summed E-state index contributed by atoms with van der Waals surface area (Å²) in [6.45, 7) is 1.70. The first-order valence-electron chi connectivity index (χ1n) is 19.4. The Morgan fingerprint density at radius 1 is 0.879 bits per heavy atom. The van der Waals surface area contributed by atoms with Crippen molar-refractivity contribution in [3.05, 3.63) is 107 Å². The molecule has 0 aromatic heterocycles. The second-order valence-corrected chi connectivity index (χ2v) is 14.3. The quantitative estimate of drug-likeness (QED) is 0.0796. The predicted molar refractivity (Wildman–Crippen MR) is 202 cm³/mol. The zero-order valence-electron chi connectivity index (χ0n) is 32.2. The van der Waals surface area contributed by atoms with Crippen LogP contribution in [0.4, 0.5) is 27.2 Å². The molecule has 2 heterocycles. The highest BCUT2D eigenvalue weighted by atomic mass is 19.4. The van der Waals surface area contributed by atoms with Crippen LogP contribution in [0, 0.1) is 5.82 Å². The van der Waals surface area contributed by atoms with Crippen LogP contribution in [0.3, 0.4) is 0 Å². The molecule has 3 aromatic rings. The molecule has 3 amide bonds. The van der Waals surface area contributed by atoms with Gasteiger partial charge in [-0.1, -0.05) is 54.6 Å². The minimum atomic E-state index is -4.52. The van der Waals surface area contributed by atoms with Gasteiger partial charge in [0.15, 0.2) is 5.79 Å². The smallest absolute Gasteiger partial charge is 0.416 e. The van der Waals surface area contributed by atoms with Crippen LogP contribution in [0.5, 0.6) is 0 Å². The van der Waals surface area contributed by atoms with Crippen LogP contribution in [-0.4, -0.2) is 74.0 Å². The van der Waals surface area contributed by atoms with Crippen LogP contribution in [0.25, 0.3) is 0 Å². The highest BCUT2D eigenvalue weighted by Crippen LogP contribution is 2.41. The summed E-state index contributed by atoms with van der Waals surface area (Å²) >= 11 is 0. The topological polar surface area (TPSA) is 151 Å². The Hall–Kier alpha value is -5.22. The lowest BCUT2D eigenvalue weighted by Gasteiger charge is -2.47. The average molecular weight is 816 g/mol. The largest absolute Gasteiger partial charge is 0.464 e. The lowest BCUT2D eigenvalue weighted by molar-refractivity contribution is -0.329. The number of hydrogen-bond acceptors (Lipinski definition) is 9. The van der Waals surface area contributed by atoms with Crippen molar-refractivity contribution in [2.24, 2.45) is 0 Å². The predicted octanol–water partition coefficient (Wildman–Crippen LogP) is 6.92. The SMILES string of the molecule is CCOC(=O)[C@H](Cc1ccccc1)NC(=O)CCC1CC(OC(=O)NCCc2ccc(F)cc2)CC2(CCCC(COC(=O)NCc3cccc(C(F)(F)F)c3)O2)O1. The highest BCUT2D eigenvalue weighted by Gasteiger charge is 2.47. The summed E-state index contributed by atoms with van der Waals surface area (Å²) in [6.07, 6.45) is -5.18. The third-order valence-corrected chi connectivity index (χ3v) is 9.75. The van der Waals surface area contributed by atoms with E-state index in [4.69, 9.17) is 23.7 Å². The fraction of sp³-hybridized carbons (Fsp3) is 0.476. The lowest BCUT2D eigenvalue weighted by Crippen LogP contribution is -2.54. The second-order valence-electron chi connectivity index (χ2n) is 14.3. The van der Waals surface area contributed by atoms with E-state index in [-0.39, 0.29) is 69.8 Å². The number of hydrogen-bond donors (Lipinski definition) is 3. The summed E-state index contributed by atoms with van der Waals surface area (Å²) in [5.41, 5.74) is 1.08. The van der Waals surface area contributed by atoms with E-state index in [1.807, 2.05) is 30.3 Å². The summed E-state index contributed by atoms with van der Waals surface area (Å²) in [5, 5.41) is 7.97. The molecule has 314 valence electrons. The van der Waals surface area contributed by atoms with Crippen LogP contribution in [0.2, 0.25) is 0 Å². The maximum Gasteiger partial charge on any atom is 0.416 e. The van der Waals surface area contributed by atoms with E-state index in [9.17, 15) is 36.7 Å². The molecule has 0 radical (unpaired) electrons. The molecule has 3 N–H and O–H groups in total. The average Bonchev–Trinajstić information content (AvgIpc) is 3.19. The number of carbonyl (C=O) groups excluding carboxylic acids is 4. The van der Waals surface area contributed by atoms with Crippen molar-refractivity contribution in [3.63, 3.8) is 0 Å². The van der Waals surface area contributed by atoms with Gasteiger partial charge >= 0.3 is 24.3 Å². The van der Waals surface area contributed by atoms with Gasteiger partial charge in [-0.05, 0) is 73.6 Å². The van der Waals surface area contributed by atoms with Crippen LogP contribution < -0.4 is 16.0 Å². The number of carbonyl (C=O) groups is 4. The Bertz CT molecular complexity index is 1820. The van der Waals surface area contributed by atoms with E-state index in [0.29, 0.717) is 25.7 Å². The van der Waals surface area contributed by atoms with Crippen LogP contribution in [-0.2, 0) is 58.8 Å². The van der Waals surface area contributed by atoms with Gasteiger partial charge in [-0.2, -0.15) is 13.2 Å². The summed E-state index contributed by atoms with van der Waals surface area (Å²) in [4.78, 5) is 51.5.